The van der Waals surface area contributed by atoms with Crippen LogP contribution in [0.5, 0.6) is 0 Å². The third-order valence-corrected chi connectivity index (χ3v) is 5.04. The number of hydrogen-bond acceptors (Lipinski definition) is 6. The van der Waals surface area contributed by atoms with Gasteiger partial charge in [-0.2, -0.15) is 13.2 Å². The minimum atomic E-state index is -4.54. The van der Waals surface area contributed by atoms with Crippen molar-refractivity contribution >= 4 is 34.7 Å². The van der Waals surface area contributed by atoms with Crippen molar-refractivity contribution in [3.63, 3.8) is 0 Å². The third-order valence-electron chi connectivity index (χ3n) is 3.22. The van der Waals surface area contributed by atoms with Crippen LogP contribution in [0.15, 0.2) is 46.9 Å². The van der Waals surface area contributed by atoms with Gasteiger partial charge in [0, 0.05) is 4.88 Å². The van der Waals surface area contributed by atoms with Gasteiger partial charge in [-0.25, -0.2) is 4.68 Å². The van der Waals surface area contributed by atoms with E-state index in [-0.39, 0.29) is 11.4 Å². The summed E-state index contributed by atoms with van der Waals surface area (Å²) in [6, 6.07) is 8.67. The molecule has 136 valence electrons. The minimum Gasteiger partial charge on any atom is -0.325 e. The number of anilines is 1. The lowest BCUT2D eigenvalue weighted by molar-refractivity contribution is -0.137. The summed E-state index contributed by atoms with van der Waals surface area (Å²) >= 11 is 2.60. The van der Waals surface area contributed by atoms with Crippen LogP contribution in [-0.2, 0) is 17.5 Å². The molecule has 26 heavy (non-hydrogen) atoms. The van der Waals surface area contributed by atoms with Crippen molar-refractivity contribution in [3.8, 4) is 0 Å². The number of thioether (sulfide) groups is 1. The van der Waals surface area contributed by atoms with Gasteiger partial charge in [0.25, 0.3) is 0 Å². The van der Waals surface area contributed by atoms with Crippen LogP contribution in [-0.4, -0.2) is 31.9 Å². The highest BCUT2D eigenvalue weighted by Gasteiger charge is 2.33. The number of thiophene rings is 1. The molecule has 1 aromatic carbocycles. The molecule has 1 N–H and O–H groups in total. The highest BCUT2D eigenvalue weighted by Crippen LogP contribution is 2.34. The van der Waals surface area contributed by atoms with Crippen LogP contribution in [0.1, 0.15) is 10.4 Å². The fourth-order valence-corrected chi connectivity index (χ4v) is 3.47. The number of aromatic nitrogens is 4. The predicted molar refractivity (Wildman–Crippen MR) is 92.0 cm³/mol. The number of amides is 1. The molecular formula is C15H12F3N5OS2. The maximum Gasteiger partial charge on any atom is 0.418 e. The number of halogens is 3. The van der Waals surface area contributed by atoms with Crippen molar-refractivity contribution in [2.75, 3.05) is 11.1 Å². The first kappa shape index (κ1) is 18.4. The molecule has 0 spiro atoms. The van der Waals surface area contributed by atoms with Crippen LogP contribution in [0.2, 0.25) is 0 Å². The van der Waals surface area contributed by atoms with Gasteiger partial charge >= 0.3 is 6.18 Å². The van der Waals surface area contributed by atoms with Gasteiger partial charge in [-0.15, -0.1) is 16.4 Å². The van der Waals surface area contributed by atoms with E-state index in [9.17, 15) is 18.0 Å². The Morgan fingerprint density at radius 1 is 1.23 bits per heavy atom. The Morgan fingerprint density at radius 2 is 2.04 bits per heavy atom. The van der Waals surface area contributed by atoms with Gasteiger partial charge in [0.05, 0.1) is 23.5 Å². The molecule has 3 rings (SSSR count). The van der Waals surface area contributed by atoms with Crippen LogP contribution >= 0.6 is 23.1 Å². The summed E-state index contributed by atoms with van der Waals surface area (Å²) in [4.78, 5) is 13.1. The molecule has 2 aromatic heterocycles. The number of alkyl halides is 3. The summed E-state index contributed by atoms with van der Waals surface area (Å²) in [6.45, 7) is 0.464. The molecule has 0 aliphatic carbocycles. The molecule has 2 heterocycles. The maximum absolute atomic E-state index is 13.0. The number of hydrogen-bond donors (Lipinski definition) is 1. The van der Waals surface area contributed by atoms with Crippen LogP contribution in [0.4, 0.5) is 18.9 Å². The number of para-hydroxylation sites is 1. The van der Waals surface area contributed by atoms with E-state index in [2.05, 4.69) is 20.8 Å². The van der Waals surface area contributed by atoms with E-state index in [1.807, 2.05) is 17.5 Å². The van der Waals surface area contributed by atoms with Crippen molar-refractivity contribution in [2.45, 2.75) is 17.9 Å². The average molecular weight is 399 g/mol. The van der Waals surface area contributed by atoms with Gasteiger partial charge in [0.1, 0.15) is 0 Å². The van der Waals surface area contributed by atoms with Crippen molar-refractivity contribution in [1.29, 1.82) is 0 Å². The lowest BCUT2D eigenvalue weighted by atomic mass is 10.1. The van der Waals surface area contributed by atoms with Gasteiger partial charge in [-0.1, -0.05) is 30.0 Å². The standard InChI is InChI=1S/C15H12F3N5OS2/c16-15(17,18)11-5-1-2-6-12(11)19-13(24)9-26-14-20-21-22-23(14)8-10-4-3-7-25-10/h1-7H,8-9H2,(H,19,24). The highest BCUT2D eigenvalue weighted by atomic mass is 32.2. The lowest BCUT2D eigenvalue weighted by Crippen LogP contribution is -2.18. The van der Waals surface area contributed by atoms with Crippen molar-refractivity contribution in [1.82, 2.24) is 20.2 Å². The lowest BCUT2D eigenvalue weighted by Gasteiger charge is -2.13. The average Bonchev–Trinajstić information content (AvgIpc) is 3.25. The van der Waals surface area contributed by atoms with Crippen LogP contribution in [0.3, 0.4) is 0 Å². The van der Waals surface area contributed by atoms with Crippen LogP contribution < -0.4 is 5.32 Å². The molecule has 0 atom stereocenters. The summed E-state index contributed by atoms with van der Waals surface area (Å²) in [7, 11) is 0. The molecule has 0 aliphatic heterocycles. The normalized spacial score (nSPS) is 11.5. The number of carbonyl (C=O) groups is 1. The van der Waals surface area contributed by atoms with Gasteiger partial charge in [0.2, 0.25) is 11.1 Å². The van der Waals surface area contributed by atoms with Gasteiger partial charge in [-0.05, 0) is 34.0 Å². The fraction of sp³-hybridized carbons (Fsp3) is 0.200. The second kappa shape index (κ2) is 7.87. The summed E-state index contributed by atoms with van der Waals surface area (Å²) in [5, 5.41) is 15.9. The first-order chi connectivity index (χ1) is 12.4. The molecule has 0 saturated heterocycles. The molecule has 11 heteroatoms. The van der Waals surface area contributed by atoms with Gasteiger partial charge < -0.3 is 5.32 Å². The van der Waals surface area contributed by atoms with Crippen molar-refractivity contribution < 1.29 is 18.0 Å². The number of nitrogens with one attached hydrogen (secondary N) is 1. The van der Waals surface area contributed by atoms with Crippen LogP contribution in [0, 0.1) is 0 Å². The summed E-state index contributed by atoms with van der Waals surface area (Å²) < 4.78 is 40.4. The Kier molecular flexibility index (Phi) is 5.57. The number of benzene rings is 1. The molecule has 0 radical (unpaired) electrons. The first-order valence-electron chi connectivity index (χ1n) is 7.31. The number of carbonyl (C=O) groups excluding carboxylic acids is 1. The minimum absolute atomic E-state index is 0.114. The largest absolute Gasteiger partial charge is 0.418 e. The zero-order valence-corrected chi connectivity index (χ0v) is 14.7. The van der Waals surface area contributed by atoms with Gasteiger partial charge in [0.15, 0.2) is 0 Å². The zero-order chi connectivity index (χ0) is 18.6. The van der Waals surface area contributed by atoms with E-state index in [0.29, 0.717) is 11.7 Å². The summed E-state index contributed by atoms with van der Waals surface area (Å²) in [6.07, 6.45) is -4.54. The SMILES string of the molecule is O=C(CSc1nnnn1Cc1cccs1)Nc1ccccc1C(F)(F)F. The Hall–Kier alpha value is -2.40. The highest BCUT2D eigenvalue weighted by molar-refractivity contribution is 7.99. The smallest absolute Gasteiger partial charge is 0.325 e. The topological polar surface area (TPSA) is 72.7 Å². The molecule has 0 unspecified atom stereocenters. The molecule has 6 nitrogen and oxygen atoms in total. The number of rotatable bonds is 6. The van der Waals surface area contributed by atoms with Crippen LogP contribution in [0.25, 0.3) is 0 Å². The molecule has 0 aliphatic rings. The van der Waals surface area contributed by atoms with Gasteiger partial charge in [-0.3, -0.25) is 4.79 Å². The fourth-order valence-electron chi connectivity index (χ4n) is 2.10. The Balaban J connectivity index is 1.62. The molecular weight excluding hydrogens is 387 g/mol. The van der Waals surface area contributed by atoms with E-state index in [0.717, 1.165) is 22.7 Å². The monoisotopic (exact) mass is 399 g/mol. The molecule has 0 bridgehead atoms. The van der Waals surface area contributed by atoms with E-state index >= 15 is 0 Å². The number of tetrazole rings is 1. The third kappa shape index (κ3) is 4.61. The van der Waals surface area contributed by atoms with E-state index in [1.165, 1.54) is 22.9 Å². The van der Waals surface area contributed by atoms with E-state index in [1.54, 1.807) is 11.3 Å². The second-order valence-electron chi connectivity index (χ2n) is 5.08. The Bertz CT molecular complexity index is 880. The van der Waals surface area contributed by atoms with Crippen molar-refractivity contribution in [2.24, 2.45) is 0 Å². The predicted octanol–water partition coefficient (Wildman–Crippen LogP) is 3.53. The molecule has 3 aromatic rings. The molecule has 1 amide bonds. The molecule has 0 fully saturated rings. The quantitative estimate of drug-likeness (QED) is 0.642. The number of nitrogens with zero attached hydrogens (tertiary/aromatic N) is 4. The van der Waals surface area contributed by atoms with Crippen molar-refractivity contribution in [3.05, 3.63) is 52.2 Å². The Morgan fingerprint density at radius 3 is 2.77 bits per heavy atom. The maximum atomic E-state index is 13.0. The summed E-state index contributed by atoms with van der Waals surface area (Å²) in [5.41, 5.74) is -1.16. The Labute approximate surface area is 154 Å². The first-order valence-corrected chi connectivity index (χ1v) is 9.17. The van der Waals surface area contributed by atoms with E-state index < -0.39 is 17.6 Å². The van der Waals surface area contributed by atoms with E-state index in [4.69, 9.17) is 0 Å². The second-order valence-corrected chi connectivity index (χ2v) is 7.05. The molecule has 0 saturated carbocycles. The summed E-state index contributed by atoms with van der Waals surface area (Å²) in [5.74, 6) is -0.686. The zero-order valence-electron chi connectivity index (χ0n) is 13.1.